The maximum absolute atomic E-state index is 13.6. The molecule has 9 nitrogen and oxygen atoms in total. The van der Waals surface area contributed by atoms with Gasteiger partial charge in [0.2, 0.25) is 5.91 Å². The maximum Gasteiger partial charge on any atom is 0.306 e. The standard InChI is InChI=1S/C17H20FN5O4/c1-11-19-20-21-23(11)15(8-12-3-2-4-13(18)7-12)17(26)22-5-6-27-14(10-22)9-16(24)25/h2-4,7,14-15H,5-6,8-10H2,1H3,(H,24,25)/t14-,15-/m0/s1. The van der Waals surface area contributed by atoms with Gasteiger partial charge in [0.25, 0.3) is 0 Å². The van der Waals surface area contributed by atoms with Gasteiger partial charge in [0.1, 0.15) is 17.7 Å². The molecule has 0 unspecified atom stereocenters. The Morgan fingerprint density at radius 1 is 1.44 bits per heavy atom. The number of aromatic nitrogens is 4. The summed E-state index contributed by atoms with van der Waals surface area (Å²) in [6, 6.07) is 5.25. The first-order valence-electron chi connectivity index (χ1n) is 8.55. The SMILES string of the molecule is Cc1nnnn1[C@@H](Cc1cccc(F)c1)C(=O)N1CCO[C@@H](CC(=O)O)C1. The molecular weight excluding hydrogens is 357 g/mol. The summed E-state index contributed by atoms with van der Waals surface area (Å²) < 4.78 is 20.4. The first-order chi connectivity index (χ1) is 12.9. The van der Waals surface area contributed by atoms with Crippen molar-refractivity contribution in [2.24, 2.45) is 0 Å². The van der Waals surface area contributed by atoms with Crippen LogP contribution in [0.3, 0.4) is 0 Å². The number of carbonyl (C=O) groups is 2. The van der Waals surface area contributed by atoms with Crippen molar-refractivity contribution in [1.29, 1.82) is 0 Å². The Bertz CT molecular complexity index is 827. The highest BCUT2D eigenvalue weighted by molar-refractivity contribution is 5.81. The molecule has 1 aromatic heterocycles. The second-order valence-corrected chi connectivity index (χ2v) is 6.40. The van der Waals surface area contributed by atoms with Crippen molar-refractivity contribution in [3.05, 3.63) is 41.5 Å². The summed E-state index contributed by atoms with van der Waals surface area (Å²) in [5.74, 6) is -1.17. The van der Waals surface area contributed by atoms with Crippen molar-refractivity contribution in [3.8, 4) is 0 Å². The Morgan fingerprint density at radius 3 is 2.93 bits per heavy atom. The highest BCUT2D eigenvalue weighted by atomic mass is 19.1. The maximum atomic E-state index is 13.6. The highest BCUT2D eigenvalue weighted by Crippen LogP contribution is 2.20. The van der Waals surface area contributed by atoms with E-state index in [1.807, 2.05) is 0 Å². The van der Waals surface area contributed by atoms with Gasteiger partial charge in [-0.2, -0.15) is 0 Å². The summed E-state index contributed by atoms with van der Waals surface area (Å²) in [7, 11) is 0. The lowest BCUT2D eigenvalue weighted by Crippen LogP contribution is -2.49. The fourth-order valence-electron chi connectivity index (χ4n) is 3.14. The summed E-state index contributed by atoms with van der Waals surface area (Å²) in [6.07, 6.45) is -0.531. The number of hydrogen-bond acceptors (Lipinski definition) is 6. The Morgan fingerprint density at radius 2 is 2.26 bits per heavy atom. The number of nitrogens with zero attached hydrogens (tertiary/aromatic N) is 5. The molecule has 1 amide bonds. The average Bonchev–Trinajstić information content (AvgIpc) is 3.04. The van der Waals surface area contributed by atoms with E-state index in [0.29, 0.717) is 17.9 Å². The van der Waals surface area contributed by atoms with E-state index in [9.17, 15) is 14.0 Å². The number of aliphatic carboxylic acids is 1. The van der Waals surface area contributed by atoms with E-state index in [2.05, 4.69) is 15.5 Å². The van der Waals surface area contributed by atoms with E-state index >= 15 is 0 Å². The van der Waals surface area contributed by atoms with Crippen molar-refractivity contribution in [2.45, 2.75) is 31.9 Å². The molecule has 0 spiro atoms. The van der Waals surface area contributed by atoms with Gasteiger partial charge in [-0.15, -0.1) is 5.10 Å². The number of hydrogen-bond donors (Lipinski definition) is 1. The minimum Gasteiger partial charge on any atom is -0.481 e. The van der Waals surface area contributed by atoms with Crippen molar-refractivity contribution in [1.82, 2.24) is 25.1 Å². The molecule has 0 saturated carbocycles. The van der Waals surface area contributed by atoms with Gasteiger partial charge >= 0.3 is 5.97 Å². The summed E-state index contributed by atoms with van der Waals surface area (Å²) >= 11 is 0. The number of amides is 1. The minimum atomic E-state index is -0.984. The number of ether oxygens (including phenoxy) is 1. The van der Waals surface area contributed by atoms with Gasteiger partial charge in [-0.25, -0.2) is 9.07 Å². The van der Waals surface area contributed by atoms with Crippen molar-refractivity contribution in [2.75, 3.05) is 19.7 Å². The molecule has 1 saturated heterocycles. The van der Waals surface area contributed by atoms with Gasteiger partial charge in [0.05, 0.1) is 19.1 Å². The predicted molar refractivity (Wildman–Crippen MR) is 90.3 cm³/mol. The Labute approximate surface area is 154 Å². The van der Waals surface area contributed by atoms with E-state index < -0.39 is 18.1 Å². The fourth-order valence-corrected chi connectivity index (χ4v) is 3.14. The third-order valence-electron chi connectivity index (χ3n) is 4.41. The first-order valence-corrected chi connectivity index (χ1v) is 8.55. The second kappa shape index (κ2) is 8.21. The molecule has 1 aliphatic rings. The third kappa shape index (κ3) is 4.64. The number of carboxylic acids is 1. The molecule has 3 rings (SSSR count). The first kappa shape index (κ1) is 18.9. The molecule has 1 fully saturated rings. The summed E-state index contributed by atoms with van der Waals surface area (Å²) in [5.41, 5.74) is 0.638. The number of morpholine rings is 1. The van der Waals surface area contributed by atoms with Crippen LogP contribution in [0.2, 0.25) is 0 Å². The van der Waals surface area contributed by atoms with Gasteiger partial charge in [0, 0.05) is 19.5 Å². The van der Waals surface area contributed by atoms with Gasteiger partial charge in [-0.05, 0) is 35.0 Å². The molecule has 10 heteroatoms. The van der Waals surface area contributed by atoms with Gasteiger partial charge in [-0.3, -0.25) is 9.59 Å². The molecule has 1 aromatic carbocycles. The van der Waals surface area contributed by atoms with Crippen molar-refractivity contribution < 1.29 is 23.8 Å². The van der Waals surface area contributed by atoms with E-state index in [0.717, 1.165) is 0 Å². The molecule has 0 radical (unpaired) electrons. The number of halogens is 1. The lowest BCUT2D eigenvalue weighted by atomic mass is 10.0. The quantitative estimate of drug-likeness (QED) is 0.785. The van der Waals surface area contributed by atoms with Crippen molar-refractivity contribution in [3.63, 3.8) is 0 Å². The van der Waals surface area contributed by atoms with Crippen LogP contribution in [0.4, 0.5) is 4.39 Å². The molecule has 2 heterocycles. The van der Waals surface area contributed by atoms with Crippen LogP contribution < -0.4 is 0 Å². The molecular formula is C17H20FN5O4. The molecule has 2 aromatic rings. The van der Waals surface area contributed by atoms with Crippen LogP contribution in [-0.4, -0.2) is 67.9 Å². The van der Waals surface area contributed by atoms with E-state index in [1.165, 1.54) is 16.8 Å². The van der Waals surface area contributed by atoms with Crippen LogP contribution in [0.15, 0.2) is 24.3 Å². The lowest BCUT2D eigenvalue weighted by Gasteiger charge is -2.34. The van der Waals surface area contributed by atoms with Crippen LogP contribution in [-0.2, 0) is 20.7 Å². The topological polar surface area (TPSA) is 110 Å². The van der Waals surface area contributed by atoms with Crippen molar-refractivity contribution >= 4 is 11.9 Å². The molecule has 0 bridgehead atoms. The number of tetrazole rings is 1. The zero-order valence-corrected chi connectivity index (χ0v) is 14.8. The molecule has 2 atom stereocenters. The molecule has 1 N–H and O–H groups in total. The Kier molecular flexibility index (Phi) is 5.75. The van der Waals surface area contributed by atoms with Crippen LogP contribution >= 0.6 is 0 Å². The van der Waals surface area contributed by atoms with Gasteiger partial charge in [0.15, 0.2) is 0 Å². The Hall–Kier alpha value is -2.88. The number of carboxylic acid groups (broad SMARTS) is 1. The number of aryl methyl sites for hydroxylation is 1. The molecule has 0 aliphatic carbocycles. The lowest BCUT2D eigenvalue weighted by molar-refractivity contribution is -0.149. The molecule has 27 heavy (non-hydrogen) atoms. The number of benzene rings is 1. The van der Waals surface area contributed by atoms with E-state index in [4.69, 9.17) is 9.84 Å². The summed E-state index contributed by atoms with van der Waals surface area (Å²) in [4.78, 5) is 25.7. The highest BCUT2D eigenvalue weighted by Gasteiger charge is 2.33. The fraction of sp³-hybridized carbons (Fsp3) is 0.471. The van der Waals surface area contributed by atoms with E-state index in [-0.39, 0.29) is 37.7 Å². The summed E-state index contributed by atoms with van der Waals surface area (Å²) in [5, 5.41) is 20.3. The smallest absolute Gasteiger partial charge is 0.306 e. The Balaban J connectivity index is 1.82. The molecule has 1 aliphatic heterocycles. The normalized spacial score (nSPS) is 18.3. The average molecular weight is 377 g/mol. The monoisotopic (exact) mass is 377 g/mol. The third-order valence-corrected chi connectivity index (χ3v) is 4.41. The largest absolute Gasteiger partial charge is 0.481 e. The van der Waals surface area contributed by atoms with Gasteiger partial charge < -0.3 is 14.7 Å². The number of rotatable bonds is 6. The second-order valence-electron chi connectivity index (χ2n) is 6.40. The van der Waals surface area contributed by atoms with Crippen LogP contribution in [0.1, 0.15) is 23.9 Å². The summed E-state index contributed by atoms with van der Waals surface area (Å²) in [6.45, 7) is 2.45. The molecule has 144 valence electrons. The zero-order valence-electron chi connectivity index (χ0n) is 14.8. The van der Waals surface area contributed by atoms with Gasteiger partial charge in [-0.1, -0.05) is 12.1 Å². The zero-order chi connectivity index (χ0) is 19.4. The van der Waals surface area contributed by atoms with Crippen LogP contribution in [0.5, 0.6) is 0 Å². The minimum absolute atomic E-state index is 0.173. The van der Waals surface area contributed by atoms with Crippen LogP contribution in [0, 0.1) is 12.7 Å². The van der Waals surface area contributed by atoms with Crippen LogP contribution in [0.25, 0.3) is 0 Å². The number of carbonyl (C=O) groups excluding carboxylic acids is 1. The van der Waals surface area contributed by atoms with E-state index in [1.54, 1.807) is 24.0 Å². The predicted octanol–water partition coefficient (Wildman–Crippen LogP) is 0.607.